The first-order valence-corrected chi connectivity index (χ1v) is 12.9. The van der Waals surface area contributed by atoms with E-state index >= 15 is 0 Å². The Hall–Kier alpha value is -3.54. The number of amides is 2. The summed E-state index contributed by atoms with van der Waals surface area (Å²) < 4.78 is 7.54. The second-order valence-electron chi connectivity index (χ2n) is 9.09. The molecule has 0 unspecified atom stereocenters. The number of carbonyl (C=O) groups excluding carboxylic acids is 2. The minimum atomic E-state index is -0.0359. The molecule has 2 amide bonds. The van der Waals surface area contributed by atoms with Crippen LogP contribution in [0.5, 0.6) is 5.75 Å². The van der Waals surface area contributed by atoms with Crippen molar-refractivity contribution < 1.29 is 14.3 Å². The number of hydrogen-bond donors (Lipinski definition) is 0. The first-order chi connectivity index (χ1) is 17.5. The minimum Gasteiger partial charge on any atom is -0.497 e. The highest BCUT2D eigenvalue weighted by atomic mass is 16.5. The molecule has 0 aliphatic rings. The molecule has 0 radical (unpaired) electrons. The molecule has 2 aromatic carbocycles. The number of benzene rings is 2. The van der Waals surface area contributed by atoms with Crippen LogP contribution >= 0.6 is 0 Å². The van der Waals surface area contributed by atoms with Gasteiger partial charge in [0.1, 0.15) is 5.75 Å². The Morgan fingerprint density at radius 3 is 2.33 bits per heavy atom. The molecule has 6 heteroatoms. The Bertz CT molecular complexity index is 1090. The maximum absolute atomic E-state index is 13.6. The molecule has 192 valence electrons. The van der Waals surface area contributed by atoms with Crippen molar-refractivity contribution in [3.8, 4) is 5.75 Å². The molecule has 36 heavy (non-hydrogen) atoms. The summed E-state index contributed by atoms with van der Waals surface area (Å²) in [5, 5.41) is 0. The topological polar surface area (TPSA) is 54.8 Å². The van der Waals surface area contributed by atoms with Gasteiger partial charge in [-0.05, 0) is 41.8 Å². The lowest BCUT2D eigenvalue weighted by atomic mass is 10.2. The largest absolute Gasteiger partial charge is 0.497 e. The molecule has 0 fully saturated rings. The maximum Gasteiger partial charge on any atom is 0.242 e. The summed E-state index contributed by atoms with van der Waals surface area (Å²) >= 11 is 0. The third-order valence-electron chi connectivity index (χ3n) is 6.35. The van der Waals surface area contributed by atoms with Crippen LogP contribution in [0, 0.1) is 0 Å². The SMILES string of the molecule is CCCCCN(CC(=O)N(Cc1ccccc1)Cc1cccn1Cc1cccc(OC)c1)C(=O)CC. The van der Waals surface area contributed by atoms with Crippen LogP contribution in [0.15, 0.2) is 72.9 Å². The zero-order chi connectivity index (χ0) is 25.8. The summed E-state index contributed by atoms with van der Waals surface area (Å²) in [5.74, 6) is 0.817. The van der Waals surface area contributed by atoms with Crippen LogP contribution in [0.4, 0.5) is 0 Å². The van der Waals surface area contributed by atoms with E-state index in [0.29, 0.717) is 32.6 Å². The number of unbranched alkanes of at least 4 members (excludes halogenated alkanes) is 2. The number of aromatic nitrogens is 1. The number of hydrogen-bond acceptors (Lipinski definition) is 3. The van der Waals surface area contributed by atoms with Crippen molar-refractivity contribution in [3.05, 3.63) is 89.7 Å². The molecular formula is C30H39N3O3. The summed E-state index contributed by atoms with van der Waals surface area (Å²) in [6, 6.07) is 22.1. The molecule has 1 heterocycles. The van der Waals surface area contributed by atoms with Crippen molar-refractivity contribution in [1.82, 2.24) is 14.4 Å². The van der Waals surface area contributed by atoms with Crippen molar-refractivity contribution in [1.29, 1.82) is 0 Å². The second-order valence-corrected chi connectivity index (χ2v) is 9.09. The van der Waals surface area contributed by atoms with Crippen molar-refractivity contribution in [2.24, 2.45) is 0 Å². The summed E-state index contributed by atoms with van der Waals surface area (Å²) in [7, 11) is 1.67. The number of carbonyl (C=O) groups is 2. The second kappa shape index (κ2) is 14.1. The van der Waals surface area contributed by atoms with Crippen molar-refractivity contribution in [3.63, 3.8) is 0 Å². The smallest absolute Gasteiger partial charge is 0.242 e. The molecule has 0 saturated carbocycles. The van der Waals surface area contributed by atoms with Gasteiger partial charge < -0.3 is 19.1 Å². The number of ether oxygens (including phenoxy) is 1. The van der Waals surface area contributed by atoms with Crippen LogP contribution in [0.1, 0.15) is 56.4 Å². The number of methoxy groups -OCH3 is 1. The Morgan fingerprint density at radius 1 is 0.833 bits per heavy atom. The van der Waals surface area contributed by atoms with Crippen LogP contribution in [-0.2, 0) is 29.2 Å². The van der Waals surface area contributed by atoms with Gasteiger partial charge in [-0.2, -0.15) is 0 Å². The quantitative estimate of drug-likeness (QED) is 0.281. The van der Waals surface area contributed by atoms with Crippen LogP contribution in [0.2, 0.25) is 0 Å². The lowest BCUT2D eigenvalue weighted by molar-refractivity contribution is -0.141. The van der Waals surface area contributed by atoms with E-state index in [0.717, 1.165) is 41.8 Å². The Kier molecular flexibility index (Phi) is 10.6. The summed E-state index contributed by atoms with van der Waals surface area (Å²) in [6.07, 6.45) is 5.48. The predicted molar refractivity (Wildman–Crippen MR) is 144 cm³/mol. The van der Waals surface area contributed by atoms with Crippen molar-refractivity contribution in [2.75, 3.05) is 20.2 Å². The fourth-order valence-corrected chi connectivity index (χ4v) is 4.28. The molecule has 3 rings (SSSR count). The van der Waals surface area contributed by atoms with Gasteiger partial charge in [-0.1, -0.05) is 69.2 Å². The molecule has 0 N–H and O–H groups in total. The van der Waals surface area contributed by atoms with E-state index in [-0.39, 0.29) is 18.4 Å². The summed E-state index contributed by atoms with van der Waals surface area (Å²) in [5.41, 5.74) is 3.24. The van der Waals surface area contributed by atoms with Gasteiger partial charge in [0.2, 0.25) is 11.8 Å². The molecule has 0 atom stereocenters. The van der Waals surface area contributed by atoms with E-state index in [2.05, 4.69) is 23.6 Å². The highest BCUT2D eigenvalue weighted by molar-refractivity contribution is 5.84. The first kappa shape index (κ1) is 27.1. The summed E-state index contributed by atoms with van der Waals surface area (Å²) in [4.78, 5) is 29.8. The van der Waals surface area contributed by atoms with Crippen LogP contribution < -0.4 is 4.74 Å². The lowest BCUT2D eigenvalue weighted by Gasteiger charge is -2.28. The number of rotatable bonds is 14. The van der Waals surface area contributed by atoms with Crippen molar-refractivity contribution in [2.45, 2.75) is 59.2 Å². The van der Waals surface area contributed by atoms with Gasteiger partial charge in [0, 0.05) is 37.9 Å². The molecule has 0 bridgehead atoms. The van der Waals surface area contributed by atoms with E-state index in [9.17, 15) is 9.59 Å². The van der Waals surface area contributed by atoms with E-state index in [1.165, 1.54) is 0 Å². The molecule has 1 aromatic heterocycles. The zero-order valence-electron chi connectivity index (χ0n) is 21.9. The molecule has 0 aliphatic carbocycles. The van der Waals surface area contributed by atoms with E-state index in [4.69, 9.17) is 4.74 Å². The van der Waals surface area contributed by atoms with Crippen LogP contribution in [0.3, 0.4) is 0 Å². The first-order valence-electron chi connectivity index (χ1n) is 12.9. The molecule has 3 aromatic rings. The van der Waals surface area contributed by atoms with Crippen LogP contribution in [-0.4, -0.2) is 46.4 Å². The van der Waals surface area contributed by atoms with Gasteiger partial charge in [0.25, 0.3) is 0 Å². The van der Waals surface area contributed by atoms with Gasteiger partial charge >= 0.3 is 0 Å². The molecule has 6 nitrogen and oxygen atoms in total. The monoisotopic (exact) mass is 489 g/mol. The third-order valence-corrected chi connectivity index (χ3v) is 6.35. The Balaban J connectivity index is 1.79. The minimum absolute atomic E-state index is 0.0283. The Labute approximate surface area is 215 Å². The molecule has 0 aliphatic heterocycles. The van der Waals surface area contributed by atoms with Gasteiger partial charge in [0.05, 0.1) is 20.2 Å². The van der Waals surface area contributed by atoms with E-state index in [1.54, 1.807) is 12.0 Å². The van der Waals surface area contributed by atoms with E-state index < -0.39 is 0 Å². The predicted octanol–water partition coefficient (Wildman–Crippen LogP) is 5.50. The van der Waals surface area contributed by atoms with Crippen LogP contribution in [0.25, 0.3) is 0 Å². The maximum atomic E-state index is 13.6. The highest BCUT2D eigenvalue weighted by Gasteiger charge is 2.21. The average Bonchev–Trinajstić information content (AvgIpc) is 3.34. The third kappa shape index (κ3) is 8.01. The van der Waals surface area contributed by atoms with Gasteiger partial charge in [-0.25, -0.2) is 0 Å². The van der Waals surface area contributed by atoms with Gasteiger partial charge in [-0.3, -0.25) is 9.59 Å². The number of nitrogens with zero attached hydrogens (tertiary/aromatic N) is 3. The Morgan fingerprint density at radius 2 is 1.61 bits per heavy atom. The fraction of sp³-hybridized carbons (Fsp3) is 0.400. The summed E-state index contributed by atoms with van der Waals surface area (Å²) in [6.45, 7) is 6.37. The highest BCUT2D eigenvalue weighted by Crippen LogP contribution is 2.17. The fourth-order valence-electron chi connectivity index (χ4n) is 4.28. The lowest BCUT2D eigenvalue weighted by Crippen LogP contribution is -2.43. The standard InChI is InChI=1S/C30H39N3O3/c1-4-6-10-18-32(29(34)5-2)24-30(35)33(21-25-13-8-7-9-14-25)23-27-16-12-19-31(27)22-26-15-11-17-28(20-26)36-3/h7-9,11-17,19-20H,4-6,10,18,21-24H2,1-3H3. The molecular weight excluding hydrogens is 450 g/mol. The zero-order valence-corrected chi connectivity index (χ0v) is 21.9. The van der Waals surface area contributed by atoms with E-state index in [1.807, 2.05) is 72.6 Å². The average molecular weight is 490 g/mol. The van der Waals surface area contributed by atoms with Crippen molar-refractivity contribution >= 4 is 11.8 Å². The van der Waals surface area contributed by atoms with Gasteiger partial charge in [-0.15, -0.1) is 0 Å². The van der Waals surface area contributed by atoms with Gasteiger partial charge in [0.15, 0.2) is 0 Å². The molecule has 0 spiro atoms. The molecule has 0 saturated heterocycles. The normalized spacial score (nSPS) is 10.8.